The minimum atomic E-state index is 0. The summed E-state index contributed by atoms with van der Waals surface area (Å²) in [5.41, 5.74) is 2.30. The number of aryl methyl sites for hydroxylation is 2. The van der Waals surface area contributed by atoms with E-state index in [-0.39, 0.29) is 24.0 Å². The summed E-state index contributed by atoms with van der Waals surface area (Å²) in [6.07, 6.45) is 0.946. The second-order valence-corrected chi connectivity index (χ2v) is 8.96. The number of halogens is 1. The van der Waals surface area contributed by atoms with Gasteiger partial charge in [-0.3, -0.25) is 9.89 Å². The van der Waals surface area contributed by atoms with Gasteiger partial charge in [-0.1, -0.05) is 0 Å². The zero-order valence-electron chi connectivity index (χ0n) is 19.8. The second-order valence-electron chi connectivity index (χ2n) is 7.67. The summed E-state index contributed by atoms with van der Waals surface area (Å²) in [4.78, 5) is 15.6. The Bertz CT molecular complexity index is 881. The van der Waals surface area contributed by atoms with Crippen LogP contribution in [0.1, 0.15) is 28.1 Å². The number of hydrogen-bond donors (Lipinski definition) is 1. The number of hydrogen-bond acceptors (Lipinski definition) is 6. The number of aromatic nitrogens is 1. The average Bonchev–Trinajstić information content (AvgIpc) is 3.10. The van der Waals surface area contributed by atoms with Gasteiger partial charge in [0.15, 0.2) is 5.96 Å². The Labute approximate surface area is 213 Å². The van der Waals surface area contributed by atoms with Crippen molar-refractivity contribution in [3.8, 4) is 11.5 Å². The highest BCUT2D eigenvalue weighted by molar-refractivity contribution is 14.0. The van der Waals surface area contributed by atoms with Gasteiger partial charge in [-0.15, -0.1) is 35.3 Å². The van der Waals surface area contributed by atoms with E-state index in [4.69, 9.17) is 14.5 Å². The Morgan fingerprint density at radius 1 is 1.16 bits per heavy atom. The smallest absolute Gasteiger partial charge is 0.194 e. The van der Waals surface area contributed by atoms with Crippen LogP contribution in [0.4, 0.5) is 0 Å². The molecule has 0 spiro atoms. The summed E-state index contributed by atoms with van der Waals surface area (Å²) < 4.78 is 10.9. The SMILES string of the molecule is CCNC(=NCCc1sc(C)nc1C)N1CCN(Cc2cc(OC)ccc2OC)CC1.I. The van der Waals surface area contributed by atoms with Crippen molar-refractivity contribution in [3.63, 3.8) is 0 Å². The summed E-state index contributed by atoms with van der Waals surface area (Å²) in [6, 6.07) is 5.99. The maximum absolute atomic E-state index is 5.54. The van der Waals surface area contributed by atoms with Gasteiger partial charge >= 0.3 is 0 Å². The third-order valence-corrected chi connectivity index (χ3v) is 6.62. The highest BCUT2D eigenvalue weighted by atomic mass is 127. The van der Waals surface area contributed by atoms with Crippen LogP contribution in [-0.4, -0.2) is 74.2 Å². The first kappa shape index (κ1) is 26.7. The fraction of sp³-hybridized carbons (Fsp3) is 0.565. The van der Waals surface area contributed by atoms with Crippen LogP contribution in [0.25, 0.3) is 0 Å². The summed E-state index contributed by atoms with van der Waals surface area (Å²) in [6.45, 7) is 12.7. The lowest BCUT2D eigenvalue weighted by molar-refractivity contribution is 0.171. The zero-order chi connectivity index (χ0) is 22.2. The van der Waals surface area contributed by atoms with Crippen molar-refractivity contribution in [1.29, 1.82) is 0 Å². The lowest BCUT2D eigenvalue weighted by atomic mass is 10.1. The van der Waals surface area contributed by atoms with Crippen molar-refractivity contribution in [2.75, 3.05) is 53.5 Å². The van der Waals surface area contributed by atoms with Gasteiger partial charge in [0, 0.05) is 62.7 Å². The molecule has 0 bridgehead atoms. The molecule has 0 unspecified atom stereocenters. The molecule has 2 heterocycles. The van der Waals surface area contributed by atoms with Gasteiger partial charge in [0.25, 0.3) is 0 Å². The van der Waals surface area contributed by atoms with E-state index in [9.17, 15) is 0 Å². The van der Waals surface area contributed by atoms with E-state index in [0.29, 0.717) is 0 Å². The maximum atomic E-state index is 5.54. The number of nitrogens with one attached hydrogen (secondary N) is 1. The summed E-state index contributed by atoms with van der Waals surface area (Å²) in [5, 5.41) is 4.60. The average molecular weight is 574 g/mol. The molecule has 1 N–H and O–H groups in total. The minimum absolute atomic E-state index is 0. The lowest BCUT2D eigenvalue weighted by Gasteiger charge is -2.36. The number of aliphatic imine (C=N–C) groups is 1. The van der Waals surface area contributed by atoms with Crippen molar-refractivity contribution in [2.24, 2.45) is 4.99 Å². The van der Waals surface area contributed by atoms with Gasteiger partial charge in [0.05, 0.1) is 24.9 Å². The first-order valence-electron chi connectivity index (χ1n) is 10.9. The predicted molar refractivity (Wildman–Crippen MR) is 143 cm³/mol. The van der Waals surface area contributed by atoms with Gasteiger partial charge in [-0.05, 0) is 39.0 Å². The molecule has 1 aromatic heterocycles. The first-order chi connectivity index (χ1) is 15.0. The predicted octanol–water partition coefficient (Wildman–Crippen LogP) is 3.72. The number of piperazine rings is 1. The topological polar surface area (TPSA) is 62.2 Å². The number of thiazole rings is 1. The number of benzene rings is 1. The molecule has 9 heteroatoms. The molecule has 0 radical (unpaired) electrons. The number of nitrogens with zero attached hydrogens (tertiary/aromatic N) is 4. The van der Waals surface area contributed by atoms with E-state index in [2.05, 4.69) is 46.9 Å². The molecule has 32 heavy (non-hydrogen) atoms. The van der Waals surface area contributed by atoms with Gasteiger partial charge in [-0.2, -0.15) is 0 Å². The van der Waals surface area contributed by atoms with Crippen molar-refractivity contribution < 1.29 is 9.47 Å². The molecule has 2 aromatic rings. The molecular formula is C23H36IN5O2S. The van der Waals surface area contributed by atoms with E-state index in [1.54, 1.807) is 25.6 Å². The summed E-state index contributed by atoms with van der Waals surface area (Å²) >= 11 is 1.78. The summed E-state index contributed by atoms with van der Waals surface area (Å²) in [5.74, 6) is 2.79. The lowest BCUT2D eigenvalue weighted by Crippen LogP contribution is -2.52. The molecule has 1 aromatic carbocycles. The Balaban J connectivity index is 0.00000363. The fourth-order valence-corrected chi connectivity index (χ4v) is 4.78. The van der Waals surface area contributed by atoms with E-state index in [1.807, 2.05) is 12.1 Å². The van der Waals surface area contributed by atoms with Crippen molar-refractivity contribution in [2.45, 2.75) is 33.7 Å². The van der Waals surface area contributed by atoms with Crippen LogP contribution in [0.3, 0.4) is 0 Å². The van der Waals surface area contributed by atoms with Crippen LogP contribution in [0, 0.1) is 13.8 Å². The molecule has 0 saturated carbocycles. The number of ether oxygens (including phenoxy) is 2. The molecule has 1 fully saturated rings. The van der Waals surface area contributed by atoms with Gasteiger partial charge in [0.1, 0.15) is 11.5 Å². The standard InChI is InChI=1S/C23H35N5O2S.HI/c1-6-24-23(25-10-9-22-17(2)26-18(3)31-22)28-13-11-27(12-14-28)16-19-15-20(29-4)7-8-21(19)30-5;/h7-8,15H,6,9-14,16H2,1-5H3,(H,24,25);1H. The highest BCUT2D eigenvalue weighted by Crippen LogP contribution is 2.25. The Morgan fingerprint density at radius 3 is 2.50 bits per heavy atom. The number of methoxy groups -OCH3 is 2. The Hall–Kier alpha value is -1.59. The molecule has 0 atom stereocenters. The van der Waals surface area contributed by atoms with Gasteiger partial charge in [-0.25, -0.2) is 4.98 Å². The van der Waals surface area contributed by atoms with Crippen molar-refractivity contribution >= 4 is 41.3 Å². The van der Waals surface area contributed by atoms with Gasteiger partial charge in [0.2, 0.25) is 0 Å². The molecule has 1 aliphatic rings. The minimum Gasteiger partial charge on any atom is -0.497 e. The first-order valence-corrected chi connectivity index (χ1v) is 11.7. The third-order valence-electron chi connectivity index (χ3n) is 5.49. The van der Waals surface area contributed by atoms with Crippen LogP contribution in [0.15, 0.2) is 23.2 Å². The molecule has 0 aliphatic carbocycles. The number of rotatable bonds is 8. The second kappa shape index (κ2) is 13.2. The summed E-state index contributed by atoms with van der Waals surface area (Å²) in [7, 11) is 3.42. The van der Waals surface area contributed by atoms with Crippen molar-refractivity contribution in [1.82, 2.24) is 20.1 Å². The normalized spacial score (nSPS) is 14.8. The van der Waals surface area contributed by atoms with Crippen LogP contribution in [-0.2, 0) is 13.0 Å². The van der Waals surface area contributed by atoms with Crippen LogP contribution in [0.2, 0.25) is 0 Å². The fourth-order valence-electron chi connectivity index (χ4n) is 3.86. The molecule has 1 aliphatic heterocycles. The van der Waals surface area contributed by atoms with Gasteiger partial charge < -0.3 is 19.7 Å². The van der Waals surface area contributed by atoms with Crippen LogP contribution >= 0.6 is 35.3 Å². The molecule has 178 valence electrons. The monoisotopic (exact) mass is 573 g/mol. The largest absolute Gasteiger partial charge is 0.497 e. The molecule has 3 rings (SSSR count). The Morgan fingerprint density at radius 2 is 1.91 bits per heavy atom. The quantitative estimate of drug-likeness (QED) is 0.295. The molecule has 7 nitrogen and oxygen atoms in total. The van der Waals surface area contributed by atoms with Crippen molar-refractivity contribution in [3.05, 3.63) is 39.3 Å². The van der Waals surface area contributed by atoms with E-state index in [1.165, 1.54) is 4.88 Å². The van der Waals surface area contributed by atoms with Crippen LogP contribution < -0.4 is 14.8 Å². The van der Waals surface area contributed by atoms with E-state index < -0.39 is 0 Å². The highest BCUT2D eigenvalue weighted by Gasteiger charge is 2.21. The Kier molecular flexibility index (Phi) is 11.0. The zero-order valence-corrected chi connectivity index (χ0v) is 23.0. The van der Waals surface area contributed by atoms with E-state index in [0.717, 1.165) is 86.0 Å². The maximum Gasteiger partial charge on any atom is 0.194 e. The van der Waals surface area contributed by atoms with E-state index >= 15 is 0 Å². The number of guanidine groups is 1. The molecular weight excluding hydrogens is 537 g/mol. The van der Waals surface area contributed by atoms with Crippen LogP contribution in [0.5, 0.6) is 11.5 Å². The molecule has 1 saturated heterocycles. The molecule has 0 amide bonds. The third kappa shape index (κ3) is 7.21.